The largest absolute Gasteiger partial charge is 0.458 e. The zero-order valence-electron chi connectivity index (χ0n) is 16.9. The van der Waals surface area contributed by atoms with Crippen LogP contribution in [0, 0.1) is 0 Å². The van der Waals surface area contributed by atoms with E-state index in [1.165, 1.54) is 36.5 Å². The molecule has 0 aliphatic carbocycles. The zero-order chi connectivity index (χ0) is 23.5. The molecule has 0 saturated carbocycles. The predicted octanol–water partition coefficient (Wildman–Crippen LogP) is 4.03. The predicted molar refractivity (Wildman–Crippen MR) is 102 cm³/mol. The third-order valence-electron chi connectivity index (χ3n) is 5.51. The fourth-order valence-corrected chi connectivity index (χ4v) is 4.06. The fraction of sp³-hybridized carbons (Fsp3) is 0.300. The van der Waals surface area contributed by atoms with Gasteiger partial charge < -0.3 is 14.3 Å². The summed E-state index contributed by atoms with van der Waals surface area (Å²) in [5, 5.41) is 3.41. The third kappa shape index (κ3) is 3.43. The van der Waals surface area contributed by atoms with E-state index in [1.807, 2.05) is 0 Å². The van der Waals surface area contributed by atoms with Gasteiger partial charge in [0.15, 0.2) is 0 Å². The van der Waals surface area contributed by atoms with E-state index in [1.54, 1.807) is 0 Å². The first kappa shape index (κ1) is 21.1. The third-order valence-corrected chi connectivity index (χ3v) is 5.51. The minimum atomic E-state index is -4.61. The zero-order valence-corrected chi connectivity index (χ0v) is 16.9. The van der Waals surface area contributed by atoms with Gasteiger partial charge in [-0.3, -0.25) is 4.79 Å². The van der Waals surface area contributed by atoms with Gasteiger partial charge in [-0.05, 0) is 18.2 Å². The Kier molecular flexibility index (Phi) is 4.72. The second-order valence-corrected chi connectivity index (χ2v) is 7.50. The molecule has 0 saturated heterocycles. The highest BCUT2D eigenvalue weighted by atomic mass is 19.4. The Morgan fingerprint density at radius 3 is 2.79 bits per heavy atom. The number of amides is 1. The Labute approximate surface area is 182 Å². The highest BCUT2D eigenvalue weighted by Crippen LogP contribution is 2.41. The number of carbonyl (C=O) groups excluding carboxylic acids is 1. The Morgan fingerprint density at radius 2 is 2.09 bits per heavy atom. The number of H-pyrrole nitrogens is 1. The highest BCUT2D eigenvalue weighted by Gasteiger charge is 2.40. The van der Waals surface area contributed by atoms with Crippen molar-refractivity contribution in [3.8, 4) is 0 Å². The first-order chi connectivity index (χ1) is 15.6. The van der Waals surface area contributed by atoms with Crippen molar-refractivity contribution in [2.45, 2.75) is 25.1 Å². The van der Waals surface area contributed by atoms with Crippen LogP contribution in [0.1, 0.15) is 51.6 Å². The standard InChI is InChI=1S/C20H15F5N6O2/c1-30-18(28-17(29-30)16(21)22)19(32)31-6-5-11-14(27-8-26-11)15(31)13-7-9-10(20(23,24)25)3-2-4-12(9)33-13/h2-4,7-8,15-16H,5-6H2,1H3,(H,26,27)/t15-/m1/s1. The van der Waals surface area contributed by atoms with E-state index in [2.05, 4.69) is 20.1 Å². The molecule has 1 amide bonds. The average Bonchev–Trinajstić information content (AvgIpc) is 3.48. The van der Waals surface area contributed by atoms with Crippen molar-refractivity contribution in [3.05, 3.63) is 65.0 Å². The molecule has 172 valence electrons. The molecule has 4 aromatic rings. The van der Waals surface area contributed by atoms with Gasteiger partial charge in [0.25, 0.3) is 12.3 Å². The normalized spacial score (nSPS) is 16.6. The number of imidazole rings is 1. The Bertz CT molecular complexity index is 1350. The van der Waals surface area contributed by atoms with Gasteiger partial charge in [0.2, 0.25) is 11.6 Å². The van der Waals surface area contributed by atoms with Crippen LogP contribution >= 0.6 is 0 Å². The van der Waals surface area contributed by atoms with Crippen molar-refractivity contribution < 1.29 is 31.2 Å². The lowest BCUT2D eigenvalue weighted by atomic mass is 9.99. The number of benzene rings is 1. The summed E-state index contributed by atoms with van der Waals surface area (Å²) < 4.78 is 73.2. The smallest absolute Gasteiger partial charge is 0.417 e. The number of furan rings is 1. The quantitative estimate of drug-likeness (QED) is 0.461. The molecule has 0 fully saturated rings. The van der Waals surface area contributed by atoms with E-state index >= 15 is 0 Å². The molecule has 1 aliphatic rings. The van der Waals surface area contributed by atoms with Crippen LogP contribution in [0.15, 0.2) is 35.0 Å². The van der Waals surface area contributed by atoms with E-state index in [4.69, 9.17) is 4.42 Å². The van der Waals surface area contributed by atoms with Crippen molar-refractivity contribution in [1.29, 1.82) is 0 Å². The number of carbonyl (C=O) groups is 1. The second kappa shape index (κ2) is 7.39. The number of nitrogens with one attached hydrogen (secondary N) is 1. The molecule has 4 heterocycles. The molecule has 0 spiro atoms. The monoisotopic (exact) mass is 466 g/mol. The maximum absolute atomic E-state index is 13.5. The SMILES string of the molecule is Cn1nc(C(F)F)nc1C(=O)N1CCc2[nH]cnc2[C@H]1c1cc2c(C(F)(F)F)cccc2o1. The van der Waals surface area contributed by atoms with Gasteiger partial charge in [0.05, 0.1) is 17.6 Å². The maximum atomic E-state index is 13.5. The van der Waals surface area contributed by atoms with Gasteiger partial charge in [0.1, 0.15) is 17.4 Å². The summed E-state index contributed by atoms with van der Waals surface area (Å²) >= 11 is 0. The molecule has 0 bridgehead atoms. The molecule has 0 unspecified atom stereocenters. The topological polar surface area (TPSA) is 92.8 Å². The van der Waals surface area contributed by atoms with Gasteiger partial charge in [-0.25, -0.2) is 23.4 Å². The molecule has 13 heteroatoms. The summed E-state index contributed by atoms with van der Waals surface area (Å²) in [6, 6.07) is 3.80. The van der Waals surface area contributed by atoms with E-state index in [0.717, 1.165) is 10.7 Å². The van der Waals surface area contributed by atoms with Crippen LogP contribution in [-0.2, 0) is 19.6 Å². The van der Waals surface area contributed by atoms with Crippen molar-refractivity contribution in [1.82, 2.24) is 29.6 Å². The van der Waals surface area contributed by atoms with Crippen molar-refractivity contribution in [2.24, 2.45) is 7.05 Å². The minimum absolute atomic E-state index is 0.00599. The number of alkyl halides is 5. The molecule has 5 rings (SSSR count). The van der Waals surface area contributed by atoms with Crippen LogP contribution < -0.4 is 0 Å². The van der Waals surface area contributed by atoms with Crippen LogP contribution in [0.5, 0.6) is 0 Å². The van der Waals surface area contributed by atoms with Crippen molar-refractivity contribution >= 4 is 16.9 Å². The van der Waals surface area contributed by atoms with Crippen molar-refractivity contribution in [2.75, 3.05) is 6.54 Å². The summed E-state index contributed by atoms with van der Waals surface area (Å²) in [7, 11) is 1.31. The number of aromatic nitrogens is 5. The second-order valence-electron chi connectivity index (χ2n) is 7.50. The van der Waals surface area contributed by atoms with E-state index < -0.39 is 35.9 Å². The molecule has 1 aromatic carbocycles. The number of nitrogens with zero attached hydrogens (tertiary/aromatic N) is 5. The molecule has 3 aromatic heterocycles. The van der Waals surface area contributed by atoms with Crippen LogP contribution in [0.4, 0.5) is 22.0 Å². The molecule has 1 aliphatic heterocycles. The molecule has 1 N–H and O–H groups in total. The Morgan fingerprint density at radius 1 is 1.30 bits per heavy atom. The minimum Gasteiger partial charge on any atom is -0.458 e. The first-order valence-corrected chi connectivity index (χ1v) is 9.77. The molecular weight excluding hydrogens is 451 g/mol. The lowest BCUT2D eigenvalue weighted by Crippen LogP contribution is -2.41. The highest BCUT2D eigenvalue weighted by molar-refractivity contribution is 5.91. The number of aromatic amines is 1. The van der Waals surface area contributed by atoms with Crippen LogP contribution in [0.3, 0.4) is 0 Å². The van der Waals surface area contributed by atoms with Gasteiger partial charge in [-0.2, -0.15) is 13.2 Å². The van der Waals surface area contributed by atoms with Gasteiger partial charge >= 0.3 is 6.18 Å². The number of halogens is 5. The van der Waals surface area contributed by atoms with E-state index in [9.17, 15) is 26.7 Å². The van der Waals surface area contributed by atoms with Gasteiger partial charge in [-0.1, -0.05) is 6.07 Å². The number of rotatable bonds is 3. The van der Waals surface area contributed by atoms with Crippen LogP contribution in [-0.4, -0.2) is 42.1 Å². The lowest BCUT2D eigenvalue weighted by Gasteiger charge is -2.33. The molecule has 0 radical (unpaired) electrons. The van der Waals surface area contributed by atoms with E-state index in [0.29, 0.717) is 17.8 Å². The summed E-state index contributed by atoms with van der Waals surface area (Å²) in [5.41, 5.74) is 0.194. The lowest BCUT2D eigenvalue weighted by molar-refractivity contribution is -0.136. The Hall–Kier alpha value is -3.77. The van der Waals surface area contributed by atoms with Gasteiger partial charge in [0, 0.05) is 31.1 Å². The molecule has 8 nitrogen and oxygen atoms in total. The molecular formula is C20H15F5N6O2. The summed E-state index contributed by atoms with van der Waals surface area (Å²) in [6.07, 6.45) is -5.80. The number of fused-ring (bicyclic) bond motifs is 2. The maximum Gasteiger partial charge on any atom is 0.417 e. The average molecular weight is 466 g/mol. The molecule has 33 heavy (non-hydrogen) atoms. The van der Waals surface area contributed by atoms with Crippen molar-refractivity contribution in [3.63, 3.8) is 0 Å². The summed E-state index contributed by atoms with van der Waals surface area (Å²) in [4.78, 5) is 25.4. The number of hydrogen-bond acceptors (Lipinski definition) is 5. The summed E-state index contributed by atoms with van der Waals surface area (Å²) in [6.45, 7) is 0.124. The number of aryl methyl sites for hydroxylation is 1. The van der Waals surface area contributed by atoms with E-state index in [-0.39, 0.29) is 29.1 Å². The first-order valence-electron chi connectivity index (χ1n) is 9.77. The molecule has 1 atom stereocenters. The summed E-state index contributed by atoms with van der Waals surface area (Å²) in [5.74, 6) is -1.80. The van der Waals surface area contributed by atoms with Gasteiger partial charge in [-0.15, -0.1) is 5.10 Å². The fourth-order valence-electron chi connectivity index (χ4n) is 4.06. The van der Waals surface area contributed by atoms with Crippen LogP contribution in [0.25, 0.3) is 11.0 Å². The Balaban J connectivity index is 1.63. The number of hydrogen-bond donors (Lipinski definition) is 1. The van der Waals surface area contributed by atoms with Crippen LogP contribution in [0.2, 0.25) is 0 Å².